The first-order valence-electron chi connectivity index (χ1n) is 6.56. The van der Waals surface area contributed by atoms with E-state index in [1.54, 1.807) is 38.4 Å². The van der Waals surface area contributed by atoms with E-state index in [1.165, 1.54) is 11.8 Å². The predicted octanol–water partition coefficient (Wildman–Crippen LogP) is 4.04. The standard InChI is InChI=1S/C16H15F3N2O/c1-10(22)11-4-6-12(7-5-11)14-8-13(16(17,18)19)9-15(20-14)21(2)3/h4-9H,1-3H3. The zero-order valence-corrected chi connectivity index (χ0v) is 12.4. The van der Waals surface area contributed by atoms with Crippen LogP contribution in [0.2, 0.25) is 0 Å². The Bertz CT molecular complexity index is 692. The van der Waals surface area contributed by atoms with Gasteiger partial charge in [-0.2, -0.15) is 13.2 Å². The summed E-state index contributed by atoms with van der Waals surface area (Å²) in [4.78, 5) is 17.0. The number of hydrogen-bond acceptors (Lipinski definition) is 3. The summed E-state index contributed by atoms with van der Waals surface area (Å²) < 4.78 is 39.0. The average Bonchev–Trinajstić information content (AvgIpc) is 2.46. The highest BCUT2D eigenvalue weighted by atomic mass is 19.4. The van der Waals surface area contributed by atoms with E-state index in [0.717, 1.165) is 12.1 Å². The molecule has 0 saturated carbocycles. The van der Waals surface area contributed by atoms with Crippen LogP contribution in [-0.4, -0.2) is 24.9 Å². The van der Waals surface area contributed by atoms with Gasteiger partial charge in [-0.3, -0.25) is 4.79 Å². The zero-order chi connectivity index (χ0) is 16.5. The van der Waals surface area contributed by atoms with Crippen LogP contribution in [0.15, 0.2) is 36.4 Å². The molecule has 0 saturated heterocycles. The number of rotatable bonds is 3. The smallest absolute Gasteiger partial charge is 0.363 e. The van der Waals surface area contributed by atoms with E-state index < -0.39 is 11.7 Å². The molecule has 2 aromatic rings. The second-order valence-corrected chi connectivity index (χ2v) is 5.12. The van der Waals surface area contributed by atoms with E-state index in [0.29, 0.717) is 11.1 Å². The molecule has 1 aromatic heterocycles. The first kappa shape index (κ1) is 16.0. The zero-order valence-electron chi connectivity index (χ0n) is 12.4. The molecule has 0 amide bonds. The Morgan fingerprint density at radius 3 is 2.14 bits per heavy atom. The topological polar surface area (TPSA) is 33.2 Å². The van der Waals surface area contributed by atoms with Crippen LogP contribution in [0.25, 0.3) is 11.3 Å². The highest BCUT2D eigenvalue weighted by Crippen LogP contribution is 2.33. The summed E-state index contributed by atoms with van der Waals surface area (Å²) in [7, 11) is 3.26. The van der Waals surface area contributed by atoms with E-state index in [1.807, 2.05) is 0 Å². The molecule has 0 unspecified atom stereocenters. The molecule has 0 fully saturated rings. The largest absolute Gasteiger partial charge is 0.416 e. The van der Waals surface area contributed by atoms with Crippen LogP contribution >= 0.6 is 0 Å². The van der Waals surface area contributed by atoms with E-state index in [-0.39, 0.29) is 17.3 Å². The molecule has 0 bridgehead atoms. The summed E-state index contributed by atoms with van der Waals surface area (Å²) in [6.45, 7) is 1.43. The number of carbonyl (C=O) groups is 1. The summed E-state index contributed by atoms with van der Waals surface area (Å²) in [6.07, 6.45) is -4.44. The van der Waals surface area contributed by atoms with E-state index in [4.69, 9.17) is 0 Å². The number of nitrogens with zero attached hydrogens (tertiary/aromatic N) is 2. The van der Waals surface area contributed by atoms with Crippen molar-refractivity contribution in [2.75, 3.05) is 19.0 Å². The van der Waals surface area contributed by atoms with Crippen LogP contribution in [0.1, 0.15) is 22.8 Å². The molecule has 0 radical (unpaired) electrons. The second-order valence-electron chi connectivity index (χ2n) is 5.12. The minimum absolute atomic E-state index is 0.0995. The molecule has 22 heavy (non-hydrogen) atoms. The predicted molar refractivity (Wildman–Crippen MR) is 79.0 cm³/mol. The van der Waals surface area contributed by atoms with Gasteiger partial charge in [-0.1, -0.05) is 24.3 Å². The summed E-state index contributed by atoms with van der Waals surface area (Å²) in [5.74, 6) is 0.123. The van der Waals surface area contributed by atoms with Gasteiger partial charge in [-0.25, -0.2) is 4.98 Å². The van der Waals surface area contributed by atoms with Crippen molar-refractivity contribution in [3.8, 4) is 11.3 Å². The van der Waals surface area contributed by atoms with E-state index in [9.17, 15) is 18.0 Å². The molecule has 3 nitrogen and oxygen atoms in total. The lowest BCUT2D eigenvalue weighted by Gasteiger charge is -2.16. The molecule has 0 N–H and O–H groups in total. The number of ketones is 1. The van der Waals surface area contributed by atoms with Crippen molar-refractivity contribution in [1.82, 2.24) is 4.98 Å². The number of carbonyl (C=O) groups excluding carboxylic acids is 1. The Morgan fingerprint density at radius 1 is 1.09 bits per heavy atom. The Morgan fingerprint density at radius 2 is 1.68 bits per heavy atom. The Hall–Kier alpha value is -2.37. The number of alkyl halides is 3. The lowest BCUT2D eigenvalue weighted by molar-refractivity contribution is -0.137. The maximum absolute atomic E-state index is 13.0. The Labute approximate surface area is 126 Å². The quantitative estimate of drug-likeness (QED) is 0.802. The van der Waals surface area contributed by atoms with Crippen molar-refractivity contribution in [3.63, 3.8) is 0 Å². The van der Waals surface area contributed by atoms with Crippen LogP contribution < -0.4 is 4.90 Å². The minimum atomic E-state index is -4.44. The highest BCUT2D eigenvalue weighted by Gasteiger charge is 2.32. The number of Topliss-reactive ketones (excluding diaryl/α,β-unsaturated/α-hetero) is 1. The number of halogens is 3. The number of pyridine rings is 1. The van der Waals surface area contributed by atoms with E-state index >= 15 is 0 Å². The lowest BCUT2D eigenvalue weighted by Crippen LogP contribution is -2.14. The Balaban J connectivity index is 2.54. The van der Waals surface area contributed by atoms with Crippen molar-refractivity contribution in [3.05, 3.63) is 47.5 Å². The third-order valence-corrected chi connectivity index (χ3v) is 3.18. The van der Waals surface area contributed by atoms with Crippen LogP contribution in [0.4, 0.5) is 19.0 Å². The van der Waals surface area contributed by atoms with Gasteiger partial charge >= 0.3 is 6.18 Å². The third-order valence-electron chi connectivity index (χ3n) is 3.18. The maximum atomic E-state index is 13.0. The molecule has 0 aliphatic carbocycles. The molecule has 0 spiro atoms. The van der Waals surface area contributed by atoms with Crippen LogP contribution in [-0.2, 0) is 6.18 Å². The monoisotopic (exact) mass is 308 g/mol. The molecular formula is C16H15F3N2O. The molecule has 2 rings (SSSR count). The molecule has 1 heterocycles. The summed E-state index contributed by atoms with van der Waals surface area (Å²) in [5, 5.41) is 0. The van der Waals surface area contributed by atoms with Gasteiger partial charge in [-0.05, 0) is 19.1 Å². The van der Waals surface area contributed by atoms with Crippen molar-refractivity contribution in [1.29, 1.82) is 0 Å². The van der Waals surface area contributed by atoms with Gasteiger partial charge in [-0.15, -0.1) is 0 Å². The summed E-state index contributed by atoms with van der Waals surface area (Å²) >= 11 is 0. The Kier molecular flexibility index (Phi) is 4.21. The molecule has 0 aliphatic heterocycles. The SMILES string of the molecule is CC(=O)c1ccc(-c2cc(C(F)(F)F)cc(N(C)C)n2)cc1. The van der Waals surface area contributed by atoms with Crippen molar-refractivity contribution in [2.24, 2.45) is 0 Å². The van der Waals surface area contributed by atoms with Crippen molar-refractivity contribution in [2.45, 2.75) is 13.1 Å². The third kappa shape index (κ3) is 3.44. The fraction of sp³-hybridized carbons (Fsp3) is 0.250. The van der Waals surface area contributed by atoms with Crippen LogP contribution in [0.3, 0.4) is 0 Å². The molecule has 116 valence electrons. The molecule has 6 heteroatoms. The average molecular weight is 308 g/mol. The van der Waals surface area contributed by atoms with Gasteiger partial charge in [0.2, 0.25) is 0 Å². The number of benzene rings is 1. The summed E-state index contributed by atoms with van der Waals surface area (Å²) in [6, 6.07) is 8.37. The number of anilines is 1. The van der Waals surface area contributed by atoms with Gasteiger partial charge in [0.05, 0.1) is 11.3 Å². The minimum Gasteiger partial charge on any atom is -0.363 e. The number of aromatic nitrogens is 1. The molecule has 0 atom stereocenters. The van der Waals surface area contributed by atoms with Gasteiger partial charge in [0.25, 0.3) is 0 Å². The maximum Gasteiger partial charge on any atom is 0.416 e. The van der Waals surface area contributed by atoms with Crippen molar-refractivity contribution >= 4 is 11.6 Å². The molecular weight excluding hydrogens is 293 g/mol. The highest BCUT2D eigenvalue weighted by molar-refractivity contribution is 5.94. The van der Waals surface area contributed by atoms with Crippen LogP contribution in [0, 0.1) is 0 Å². The van der Waals surface area contributed by atoms with Crippen LogP contribution in [0.5, 0.6) is 0 Å². The number of hydrogen-bond donors (Lipinski definition) is 0. The van der Waals surface area contributed by atoms with Gasteiger partial charge in [0.1, 0.15) is 5.82 Å². The van der Waals surface area contributed by atoms with Crippen molar-refractivity contribution < 1.29 is 18.0 Å². The lowest BCUT2D eigenvalue weighted by atomic mass is 10.0. The first-order valence-corrected chi connectivity index (χ1v) is 6.56. The summed E-state index contributed by atoms with van der Waals surface area (Å²) in [5.41, 5.74) is 0.494. The second kappa shape index (κ2) is 5.79. The van der Waals surface area contributed by atoms with Gasteiger partial charge in [0, 0.05) is 25.2 Å². The molecule has 1 aromatic carbocycles. The normalized spacial score (nSPS) is 11.4. The molecule has 0 aliphatic rings. The first-order chi connectivity index (χ1) is 10.2. The van der Waals surface area contributed by atoms with Gasteiger partial charge < -0.3 is 4.90 Å². The van der Waals surface area contributed by atoms with Gasteiger partial charge in [0.15, 0.2) is 5.78 Å². The van der Waals surface area contributed by atoms with E-state index in [2.05, 4.69) is 4.98 Å². The fourth-order valence-electron chi connectivity index (χ4n) is 1.93. The fourth-order valence-corrected chi connectivity index (χ4v) is 1.93.